The zero-order chi connectivity index (χ0) is 25.4. The summed E-state index contributed by atoms with van der Waals surface area (Å²) in [5, 5.41) is 13.9. The van der Waals surface area contributed by atoms with E-state index in [1.807, 2.05) is 12.4 Å². The van der Waals surface area contributed by atoms with Crippen LogP contribution < -0.4 is 0 Å². The van der Waals surface area contributed by atoms with Gasteiger partial charge >= 0.3 is 0 Å². The summed E-state index contributed by atoms with van der Waals surface area (Å²) in [5.41, 5.74) is 5.05. The predicted octanol–water partition coefficient (Wildman–Crippen LogP) is 7.53. The lowest BCUT2D eigenvalue weighted by molar-refractivity contribution is 0.271. The first-order valence-corrected chi connectivity index (χ1v) is 13.1. The highest BCUT2D eigenvalue weighted by Gasteiger charge is 2.05. The Kier molecular flexibility index (Phi) is 10.5. The molecule has 0 N–H and O–H groups in total. The number of hydrazone groups is 2. The van der Waals surface area contributed by atoms with Crippen molar-refractivity contribution in [2.75, 3.05) is 0 Å². The first kappa shape index (κ1) is 25.9. The van der Waals surface area contributed by atoms with Crippen LogP contribution in [0.2, 0.25) is 0 Å². The molecular weight excluding hydrogens is 452 g/mol. The van der Waals surface area contributed by atoms with Gasteiger partial charge in [-0.05, 0) is 41.5 Å². The summed E-state index contributed by atoms with van der Waals surface area (Å²) in [5.74, 6) is 0. The lowest BCUT2D eigenvalue weighted by Crippen LogP contribution is -2.17. The summed E-state index contributed by atoms with van der Waals surface area (Å²) in [7, 11) is 0. The van der Waals surface area contributed by atoms with Crippen molar-refractivity contribution < 1.29 is 0 Å². The van der Waals surface area contributed by atoms with Crippen LogP contribution in [0.25, 0.3) is 0 Å². The Morgan fingerprint density at radius 1 is 0.405 bits per heavy atom. The molecule has 0 aromatic heterocycles. The van der Waals surface area contributed by atoms with Crippen molar-refractivity contribution in [3.8, 4) is 0 Å². The van der Waals surface area contributed by atoms with Crippen LogP contribution in [0.3, 0.4) is 0 Å². The summed E-state index contributed by atoms with van der Waals surface area (Å²) in [4.78, 5) is 0. The molecule has 0 fully saturated rings. The number of rotatable bonds is 14. The summed E-state index contributed by atoms with van der Waals surface area (Å²) >= 11 is 0. The Morgan fingerprint density at radius 2 is 0.676 bits per heavy atom. The average Bonchev–Trinajstić information content (AvgIpc) is 2.94. The first-order valence-electron chi connectivity index (χ1n) is 13.1. The van der Waals surface area contributed by atoms with Crippen LogP contribution in [0.1, 0.15) is 41.5 Å². The molecule has 4 rings (SSSR count). The van der Waals surface area contributed by atoms with Crippen molar-refractivity contribution in [2.45, 2.75) is 45.4 Å². The van der Waals surface area contributed by atoms with Gasteiger partial charge in [0.2, 0.25) is 0 Å². The standard InChI is InChI=1S/C33H36N4/c1-6-16-30(17-7-1)26-36(27-31-18-8-2-9-19-31)34-24-14-5-15-25-35-37(28-32-20-10-3-11-21-32)29-33-22-12-4-13-23-33/h1-4,6-13,16-25H,5,14-15,26-29H2. The van der Waals surface area contributed by atoms with Crippen LogP contribution in [-0.4, -0.2) is 22.4 Å². The minimum absolute atomic E-state index is 0.793. The van der Waals surface area contributed by atoms with E-state index in [4.69, 9.17) is 10.2 Å². The largest absolute Gasteiger partial charge is 0.289 e. The zero-order valence-electron chi connectivity index (χ0n) is 21.4. The van der Waals surface area contributed by atoms with Gasteiger partial charge in [0.05, 0.1) is 26.2 Å². The second-order valence-corrected chi connectivity index (χ2v) is 9.11. The van der Waals surface area contributed by atoms with Crippen LogP contribution in [0, 0.1) is 0 Å². The van der Waals surface area contributed by atoms with Gasteiger partial charge in [0.1, 0.15) is 0 Å². The summed E-state index contributed by atoms with van der Waals surface area (Å²) in [6.07, 6.45) is 6.95. The van der Waals surface area contributed by atoms with Gasteiger partial charge in [-0.1, -0.05) is 121 Å². The fraction of sp³-hybridized carbons (Fsp3) is 0.212. The zero-order valence-corrected chi connectivity index (χ0v) is 21.4. The van der Waals surface area contributed by atoms with Gasteiger partial charge in [-0.25, -0.2) is 0 Å². The van der Waals surface area contributed by atoms with Gasteiger partial charge in [0.15, 0.2) is 0 Å². The molecule has 0 amide bonds. The molecule has 37 heavy (non-hydrogen) atoms. The van der Waals surface area contributed by atoms with E-state index in [0.29, 0.717) is 0 Å². The SMILES string of the molecule is C(CCCC=NN(Cc1ccccc1)Cc1ccccc1)=NN(Cc1ccccc1)Cc1ccccc1. The maximum atomic E-state index is 4.81. The molecule has 0 heterocycles. The van der Waals surface area contributed by atoms with E-state index in [2.05, 4.69) is 131 Å². The fourth-order valence-electron chi connectivity index (χ4n) is 4.10. The van der Waals surface area contributed by atoms with Gasteiger partial charge in [-0.15, -0.1) is 0 Å². The molecule has 0 atom stereocenters. The Hall–Kier alpha value is -4.18. The normalized spacial score (nSPS) is 11.2. The second kappa shape index (κ2) is 15.0. The lowest BCUT2D eigenvalue weighted by atomic mass is 10.2. The van der Waals surface area contributed by atoms with E-state index in [9.17, 15) is 0 Å². The van der Waals surface area contributed by atoms with Crippen LogP contribution >= 0.6 is 0 Å². The van der Waals surface area contributed by atoms with E-state index in [1.54, 1.807) is 0 Å². The van der Waals surface area contributed by atoms with Crippen molar-refractivity contribution in [3.63, 3.8) is 0 Å². The van der Waals surface area contributed by atoms with Gasteiger partial charge in [-0.3, -0.25) is 10.0 Å². The number of hydrogen-bond acceptors (Lipinski definition) is 4. The molecule has 0 saturated heterocycles. The molecule has 4 heteroatoms. The quantitative estimate of drug-likeness (QED) is 0.104. The van der Waals surface area contributed by atoms with Crippen LogP contribution in [0.5, 0.6) is 0 Å². The number of hydrogen-bond donors (Lipinski definition) is 0. The van der Waals surface area contributed by atoms with Crippen molar-refractivity contribution in [1.29, 1.82) is 0 Å². The third kappa shape index (κ3) is 9.77. The van der Waals surface area contributed by atoms with Gasteiger partial charge in [-0.2, -0.15) is 10.2 Å². The van der Waals surface area contributed by atoms with Crippen molar-refractivity contribution in [2.24, 2.45) is 10.2 Å². The molecule has 0 radical (unpaired) electrons. The molecule has 0 bridgehead atoms. The molecule has 0 spiro atoms. The van der Waals surface area contributed by atoms with E-state index in [1.165, 1.54) is 22.3 Å². The summed E-state index contributed by atoms with van der Waals surface area (Å²) < 4.78 is 0. The highest BCUT2D eigenvalue weighted by Crippen LogP contribution is 2.12. The Balaban J connectivity index is 1.28. The monoisotopic (exact) mass is 488 g/mol. The number of benzene rings is 4. The van der Waals surface area contributed by atoms with Crippen molar-refractivity contribution >= 4 is 12.4 Å². The maximum absolute atomic E-state index is 4.81. The molecule has 0 aliphatic heterocycles. The van der Waals surface area contributed by atoms with E-state index < -0.39 is 0 Å². The lowest BCUT2D eigenvalue weighted by Gasteiger charge is -2.19. The van der Waals surface area contributed by atoms with Crippen LogP contribution in [-0.2, 0) is 26.2 Å². The molecular formula is C33H36N4. The van der Waals surface area contributed by atoms with Crippen molar-refractivity contribution in [1.82, 2.24) is 10.0 Å². The topological polar surface area (TPSA) is 31.2 Å². The molecule has 4 nitrogen and oxygen atoms in total. The Morgan fingerprint density at radius 3 is 0.946 bits per heavy atom. The molecule has 4 aromatic rings. The van der Waals surface area contributed by atoms with Crippen LogP contribution in [0.4, 0.5) is 0 Å². The molecule has 188 valence electrons. The Bertz CT molecular complexity index is 1010. The minimum Gasteiger partial charge on any atom is -0.289 e. The second-order valence-electron chi connectivity index (χ2n) is 9.11. The molecule has 0 aliphatic carbocycles. The minimum atomic E-state index is 0.793. The van der Waals surface area contributed by atoms with Crippen LogP contribution in [0.15, 0.2) is 132 Å². The van der Waals surface area contributed by atoms with E-state index in [0.717, 1.165) is 45.4 Å². The average molecular weight is 489 g/mol. The summed E-state index contributed by atoms with van der Waals surface area (Å²) in [6, 6.07) is 42.1. The molecule has 0 saturated carbocycles. The number of nitrogens with zero attached hydrogens (tertiary/aromatic N) is 4. The summed E-state index contributed by atoms with van der Waals surface area (Å²) in [6.45, 7) is 3.17. The Labute approximate surface area is 221 Å². The third-order valence-electron chi connectivity index (χ3n) is 5.99. The highest BCUT2D eigenvalue weighted by molar-refractivity contribution is 5.60. The van der Waals surface area contributed by atoms with E-state index >= 15 is 0 Å². The maximum Gasteiger partial charge on any atom is 0.0614 e. The first-order chi connectivity index (χ1) is 18.3. The van der Waals surface area contributed by atoms with Gasteiger partial charge in [0.25, 0.3) is 0 Å². The fourth-order valence-corrected chi connectivity index (χ4v) is 4.10. The third-order valence-corrected chi connectivity index (χ3v) is 5.99. The van der Waals surface area contributed by atoms with Gasteiger partial charge in [0, 0.05) is 12.4 Å². The van der Waals surface area contributed by atoms with E-state index in [-0.39, 0.29) is 0 Å². The highest BCUT2D eigenvalue weighted by atomic mass is 15.4. The van der Waals surface area contributed by atoms with Gasteiger partial charge < -0.3 is 0 Å². The predicted molar refractivity (Wildman–Crippen MR) is 155 cm³/mol. The number of unbranched alkanes of at least 4 members (excludes halogenated alkanes) is 2. The molecule has 0 aliphatic rings. The van der Waals surface area contributed by atoms with Crippen molar-refractivity contribution in [3.05, 3.63) is 144 Å². The smallest absolute Gasteiger partial charge is 0.0614 e. The molecule has 0 unspecified atom stereocenters. The molecule has 4 aromatic carbocycles.